The van der Waals surface area contributed by atoms with E-state index in [4.69, 9.17) is 0 Å². The molecule has 0 aromatic carbocycles. The van der Waals surface area contributed by atoms with E-state index in [0.717, 1.165) is 0 Å². The van der Waals surface area contributed by atoms with E-state index in [1.165, 1.54) is 0 Å². The molecule has 9 heavy (non-hydrogen) atoms. The van der Waals surface area contributed by atoms with Crippen molar-refractivity contribution in [3.05, 3.63) is 0 Å². The van der Waals surface area contributed by atoms with Gasteiger partial charge in [-0.05, 0) is 10.7 Å². The van der Waals surface area contributed by atoms with Crippen LogP contribution in [0.1, 0.15) is 0 Å². The number of hydrogen-bond donors (Lipinski definition) is 0. The van der Waals surface area contributed by atoms with E-state index in [0.29, 0.717) is 0 Å². The molecule has 0 rings (SSSR count). The lowest BCUT2D eigenvalue weighted by atomic mass is 10.8. The van der Waals surface area contributed by atoms with E-state index >= 15 is 0 Å². The van der Waals surface area contributed by atoms with Gasteiger partial charge in [0.15, 0.2) is 0 Å². The molecule has 0 radical (unpaired) electrons. The predicted molar refractivity (Wildman–Crippen MR) is 33.9 cm³/mol. The molecule has 0 bridgehead atoms. The molecule has 0 atom stereocenters. The summed E-state index contributed by atoms with van der Waals surface area (Å²) in [6.07, 6.45) is 0. The number of halogens is 6. The summed E-state index contributed by atoms with van der Waals surface area (Å²) in [6.45, 7) is 0. The van der Waals surface area contributed by atoms with E-state index in [-0.39, 0.29) is 0 Å². The van der Waals surface area contributed by atoms with Crippen molar-refractivity contribution in [3.8, 4) is 0 Å². The molecule has 0 spiro atoms. The molecule has 0 aliphatic heterocycles. The molecule has 0 N–H and O–H groups in total. The van der Waals surface area contributed by atoms with Gasteiger partial charge in [0.1, 0.15) is 0 Å². The molecule has 0 saturated carbocycles. The van der Waals surface area contributed by atoms with Crippen LogP contribution in [0.2, 0.25) is 0 Å². The van der Waals surface area contributed by atoms with Gasteiger partial charge in [-0.1, -0.05) is 23.2 Å². The maximum atomic E-state index is 11.9. The number of alkyl halides is 5. The summed E-state index contributed by atoms with van der Waals surface area (Å²) < 4.78 is 31.9. The minimum Gasteiger partial charge on any atom is -0.200 e. The molecule has 0 aliphatic carbocycles. The molecule has 0 aliphatic rings. The van der Waals surface area contributed by atoms with E-state index in [9.17, 15) is 13.2 Å². The van der Waals surface area contributed by atoms with E-state index in [1.54, 1.807) is 0 Å². The third-order valence-electron chi connectivity index (χ3n) is 0.427. The molecule has 0 unspecified atom stereocenters. The summed E-state index contributed by atoms with van der Waals surface area (Å²) in [7, 11) is 3.97. The van der Waals surface area contributed by atoms with Gasteiger partial charge < -0.3 is 0 Å². The Morgan fingerprint density at radius 3 is 1.44 bits per heavy atom. The largest absolute Gasteiger partial charge is 0.369 e. The molecule has 0 amide bonds. The average Bonchev–Trinajstić information content (AvgIpc) is 1.64. The molecule has 0 aromatic rings. The first kappa shape index (κ1) is 10.0. The summed E-state index contributed by atoms with van der Waals surface area (Å²) in [5, 5.41) is -3.97. The Kier molecular flexibility index (Phi) is 3.28. The minimum atomic E-state index is -3.97. The Morgan fingerprint density at radius 1 is 1.11 bits per heavy atom. The van der Waals surface area contributed by atoms with Crippen LogP contribution in [0.3, 0.4) is 0 Å². The van der Waals surface area contributed by atoms with Gasteiger partial charge >= 0.3 is 9.84 Å². The molecule has 0 nitrogen and oxygen atoms in total. The highest BCUT2D eigenvalue weighted by Gasteiger charge is 2.53. The van der Waals surface area contributed by atoms with Crippen molar-refractivity contribution in [2.24, 2.45) is 0 Å². The second-order valence-electron chi connectivity index (χ2n) is 1.09. The molecule has 0 aromatic heterocycles. The first-order valence-electron chi connectivity index (χ1n) is 1.55. The van der Waals surface area contributed by atoms with Gasteiger partial charge in [0, 0.05) is 11.0 Å². The average molecular weight is 219 g/mol. The Morgan fingerprint density at radius 2 is 1.44 bits per heavy atom. The topological polar surface area (TPSA) is 0 Å². The Labute approximate surface area is 68.1 Å². The molecule has 0 fully saturated rings. The normalized spacial score (nSPS) is 14.0. The minimum absolute atomic E-state index is 0.566. The second kappa shape index (κ2) is 2.95. The van der Waals surface area contributed by atoms with Crippen LogP contribution in [0.15, 0.2) is 0 Å². The lowest BCUT2D eigenvalue weighted by molar-refractivity contribution is 0.0340. The summed E-state index contributed by atoms with van der Waals surface area (Å²) >= 11 is 8.74. The molecule has 0 heterocycles. The highest BCUT2D eigenvalue weighted by atomic mass is 35.7. The zero-order chi connectivity index (χ0) is 7.71. The van der Waals surface area contributed by atoms with E-state index in [2.05, 4.69) is 33.9 Å². The highest BCUT2D eigenvalue weighted by Crippen LogP contribution is 2.48. The highest BCUT2D eigenvalue weighted by molar-refractivity contribution is 8.22. The van der Waals surface area contributed by atoms with Crippen molar-refractivity contribution in [2.75, 3.05) is 0 Å². The van der Waals surface area contributed by atoms with Crippen LogP contribution in [0.5, 0.6) is 0 Å². The fourth-order valence-electron chi connectivity index (χ4n) is 0.0437. The van der Waals surface area contributed by atoms with Crippen molar-refractivity contribution in [1.29, 1.82) is 0 Å². The fraction of sp³-hybridized carbons (Fsp3) is 1.00. The molecular formula is C2Cl3F3S. The monoisotopic (exact) mass is 218 g/mol. The van der Waals surface area contributed by atoms with Crippen molar-refractivity contribution in [1.82, 2.24) is 0 Å². The Balaban J connectivity index is 4.14. The van der Waals surface area contributed by atoms with Crippen molar-refractivity contribution in [3.63, 3.8) is 0 Å². The maximum absolute atomic E-state index is 11.9. The number of hydrogen-bond acceptors (Lipinski definition) is 1. The van der Waals surface area contributed by atoms with E-state index in [1.807, 2.05) is 0 Å². The first-order valence-corrected chi connectivity index (χ1v) is 3.95. The SMILES string of the molecule is FC(Cl)(Cl)C(F)(F)SCl. The maximum Gasteiger partial charge on any atom is 0.369 e. The van der Waals surface area contributed by atoms with Gasteiger partial charge in [-0.25, -0.2) is 0 Å². The van der Waals surface area contributed by atoms with Crippen LogP contribution in [0.4, 0.5) is 13.2 Å². The molecule has 7 heteroatoms. The summed E-state index contributed by atoms with van der Waals surface area (Å²) in [5.74, 6) is 0. The van der Waals surface area contributed by atoms with Crippen LogP contribution in [-0.4, -0.2) is 9.84 Å². The summed E-state index contributed by atoms with van der Waals surface area (Å²) in [6, 6.07) is 0. The van der Waals surface area contributed by atoms with Gasteiger partial charge in [-0.15, -0.1) is 0 Å². The first-order chi connectivity index (χ1) is 3.81. The summed E-state index contributed by atoms with van der Waals surface area (Å²) in [5.41, 5.74) is 0. The standard InChI is InChI=1S/C2Cl3F3S/c3-1(4,6)2(7,8)9-5. The van der Waals surface area contributed by atoms with Crippen molar-refractivity contribution >= 4 is 44.9 Å². The van der Waals surface area contributed by atoms with Crippen LogP contribution in [-0.2, 0) is 0 Å². The van der Waals surface area contributed by atoms with Gasteiger partial charge in [0.05, 0.1) is 0 Å². The zero-order valence-corrected chi connectivity index (χ0v) is 6.76. The Hall–Kier alpha value is 1.01. The van der Waals surface area contributed by atoms with Gasteiger partial charge in [-0.2, -0.15) is 13.2 Å². The Bertz CT molecular complexity index is 99.7. The lowest BCUT2D eigenvalue weighted by Gasteiger charge is -2.17. The quantitative estimate of drug-likeness (QED) is 0.640. The van der Waals surface area contributed by atoms with E-state index < -0.39 is 20.8 Å². The molecular weight excluding hydrogens is 219 g/mol. The van der Waals surface area contributed by atoms with Crippen LogP contribution in [0, 0.1) is 0 Å². The molecule has 0 saturated heterocycles. The number of rotatable bonds is 2. The zero-order valence-electron chi connectivity index (χ0n) is 3.68. The molecule has 56 valence electrons. The third-order valence-corrected chi connectivity index (χ3v) is 2.18. The van der Waals surface area contributed by atoms with Crippen LogP contribution < -0.4 is 0 Å². The van der Waals surface area contributed by atoms with Gasteiger partial charge in [0.2, 0.25) is 0 Å². The summed E-state index contributed by atoms with van der Waals surface area (Å²) in [4.78, 5) is 0. The fourth-order valence-corrected chi connectivity index (χ4v) is 0.919. The smallest absolute Gasteiger partial charge is 0.200 e. The van der Waals surface area contributed by atoms with Gasteiger partial charge in [-0.3, -0.25) is 0 Å². The van der Waals surface area contributed by atoms with Crippen molar-refractivity contribution in [2.45, 2.75) is 9.84 Å². The third kappa shape index (κ3) is 2.62. The lowest BCUT2D eigenvalue weighted by Crippen LogP contribution is -2.29. The predicted octanol–water partition coefficient (Wildman–Crippen LogP) is 3.57. The van der Waals surface area contributed by atoms with Crippen LogP contribution in [0.25, 0.3) is 0 Å². The van der Waals surface area contributed by atoms with Crippen LogP contribution >= 0.6 is 44.9 Å². The van der Waals surface area contributed by atoms with Gasteiger partial charge in [0.25, 0.3) is 0 Å². The van der Waals surface area contributed by atoms with Crippen molar-refractivity contribution < 1.29 is 13.2 Å². The second-order valence-corrected chi connectivity index (χ2v) is 3.46.